The summed E-state index contributed by atoms with van der Waals surface area (Å²) in [4.78, 5) is 7.93. The SMILES string of the molecule is Cc1cc(CNCc2cncnc2)n(C)n1. The Balaban J connectivity index is 1.87. The van der Waals surface area contributed by atoms with E-state index >= 15 is 0 Å². The van der Waals surface area contributed by atoms with E-state index in [2.05, 4.69) is 26.4 Å². The van der Waals surface area contributed by atoms with Gasteiger partial charge in [-0.15, -0.1) is 0 Å². The van der Waals surface area contributed by atoms with Crippen molar-refractivity contribution in [3.05, 3.63) is 41.7 Å². The molecule has 0 spiro atoms. The molecule has 1 N–H and O–H groups in total. The second kappa shape index (κ2) is 4.85. The van der Waals surface area contributed by atoms with Gasteiger partial charge in [-0.2, -0.15) is 5.10 Å². The third-order valence-electron chi connectivity index (χ3n) is 2.35. The number of nitrogens with zero attached hydrogens (tertiary/aromatic N) is 4. The van der Waals surface area contributed by atoms with Crippen molar-refractivity contribution in [1.29, 1.82) is 0 Å². The number of aryl methyl sites for hydroxylation is 2. The quantitative estimate of drug-likeness (QED) is 0.823. The Labute approximate surface area is 94.5 Å². The molecule has 16 heavy (non-hydrogen) atoms. The van der Waals surface area contributed by atoms with Gasteiger partial charge in [0.15, 0.2) is 0 Å². The molecule has 2 aromatic heterocycles. The number of rotatable bonds is 4. The molecule has 0 aliphatic heterocycles. The van der Waals surface area contributed by atoms with Gasteiger partial charge in [0, 0.05) is 38.1 Å². The molecular weight excluding hydrogens is 202 g/mol. The van der Waals surface area contributed by atoms with E-state index < -0.39 is 0 Å². The lowest BCUT2D eigenvalue weighted by Gasteiger charge is -2.04. The second-order valence-corrected chi connectivity index (χ2v) is 3.75. The lowest BCUT2D eigenvalue weighted by atomic mass is 10.3. The van der Waals surface area contributed by atoms with Crippen LogP contribution in [-0.2, 0) is 20.1 Å². The Morgan fingerprint density at radius 2 is 2.00 bits per heavy atom. The molecular formula is C11H15N5. The van der Waals surface area contributed by atoms with Crippen LogP contribution in [0.2, 0.25) is 0 Å². The van der Waals surface area contributed by atoms with E-state index in [1.807, 2.05) is 31.0 Å². The zero-order chi connectivity index (χ0) is 11.4. The predicted octanol–water partition coefficient (Wildman–Crippen LogP) is 0.808. The summed E-state index contributed by atoms with van der Waals surface area (Å²) in [5, 5.41) is 7.62. The lowest BCUT2D eigenvalue weighted by molar-refractivity contribution is 0.623. The summed E-state index contributed by atoms with van der Waals surface area (Å²) < 4.78 is 1.89. The van der Waals surface area contributed by atoms with Crippen LogP contribution in [0.15, 0.2) is 24.8 Å². The monoisotopic (exact) mass is 217 g/mol. The highest BCUT2D eigenvalue weighted by Gasteiger charge is 2.01. The molecule has 0 aliphatic carbocycles. The molecule has 0 unspecified atom stereocenters. The van der Waals surface area contributed by atoms with Crippen LogP contribution in [0.1, 0.15) is 17.0 Å². The van der Waals surface area contributed by atoms with Gasteiger partial charge < -0.3 is 5.32 Å². The van der Waals surface area contributed by atoms with E-state index in [1.165, 1.54) is 12.0 Å². The van der Waals surface area contributed by atoms with Gasteiger partial charge in [0.1, 0.15) is 6.33 Å². The van der Waals surface area contributed by atoms with Crippen LogP contribution in [0.4, 0.5) is 0 Å². The van der Waals surface area contributed by atoms with Crippen molar-refractivity contribution in [1.82, 2.24) is 25.1 Å². The highest BCUT2D eigenvalue weighted by Crippen LogP contribution is 2.01. The first-order valence-electron chi connectivity index (χ1n) is 5.20. The number of nitrogens with one attached hydrogen (secondary N) is 1. The van der Waals surface area contributed by atoms with Gasteiger partial charge in [-0.25, -0.2) is 9.97 Å². The topological polar surface area (TPSA) is 55.6 Å². The highest BCUT2D eigenvalue weighted by atomic mass is 15.3. The largest absolute Gasteiger partial charge is 0.307 e. The lowest BCUT2D eigenvalue weighted by Crippen LogP contribution is -2.15. The van der Waals surface area contributed by atoms with Gasteiger partial charge in [-0.05, 0) is 13.0 Å². The maximum atomic E-state index is 4.29. The Morgan fingerprint density at radius 1 is 1.25 bits per heavy atom. The molecule has 0 radical (unpaired) electrons. The van der Waals surface area contributed by atoms with Crippen molar-refractivity contribution < 1.29 is 0 Å². The molecule has 0 amide bonds. The molecule has 0 fully saturated rings. The molecule has 2 heterocycles. The van der Waals surface area contributed by atoms with Gasteiger partial charge in [0.05, 0.1) is 11.4 Å². The zero-order valence-corrected chi connectivity index (χ0v) is 9.51. The molecule has 0 aromatic carbocycles. The minimum Gasteiger partial charge on any atom is -0.307 e. The molecule has 5 heteroatoms. The fraction of sp³-hybridized carbons (Fsp3) is 0.364. The fourth-order valence-electron chi connectivity index (χ4n) is 1.59. The van der Waals surface area contributed by atoms with E-state index in [4.69, 9.17) is 0 Å². The normalized spacial score (nSPS) is 10.6. The van der Waals surface area contributed by atoms with Gasteiger partial charge in [-0.3, -0.25) is 4.68 Å². The van der Waals surface area contributed by atoms with Crippen molar-refractivity contribution in [3.8, 4) is 0 Å². The summed E-state index contributed by atoms with van der Waals surface area (Å²) in [5.41, 5.74) is 3.30. The molecule has 2 aromatic rings. The fourth-order valence-corrected chi connectivity index (χ4v) is 1.59. The Kier molecular flexibility index (Phi) is 3.26. The Bertz CT molecular complexity index is 449. The number of hydrogen-bond donors (Lipinski definition) is 1. The van der Waals surface area contributed by atoms with E-state index in [1.54, 1.807) is 0 Å². The maximum absolute atomic E-state index is 4.29. The highest BCUT2D eigenvalue weighted by molar-refractivity contribution is 5.09. The van der Waals surface area contributed by atoms with Crippen molar-refractivity contribution in [2.75, 3.05) is 0 Å². The van der Waals surface area contributed by atoms with Crippen LogP contribution in [0.25, 0.3) is 0 Å². The Morgan fingerprint density at radius 3 is 2.62 bits per heavy atom. The predicted molar refractivity (Wildman–Crippen MR) is 60.5 cm³/mol. The first-order chi connectivity index (χ1) is 7.75. The smallest absolute Gasteiger partial charge is 0.115 e. The summed E-state index contributed by atoms with van der Waals surface area (Å²) in [6.07, 6.45) is 5.16. The van der Waals surface area contributed by atoms with E-state index in [0.29, 0.717) is 0 Å². The van der Waals surface area contributed by atoms with Crippen molar-refractivity contribution in [3.63, 3.8) is 0 Å². The van der Waals surface area contributed by atoms with Gasteiger partial charge in [0.25, 0.3) is 0 Å². The minimum absolute atomic E-state index is 0.769. The van der Waals surface area contributed by atoms with Gasteiger partial charge in [-0.1, -0.05) is 0 Å². The van der Waals surface area contributed by atoms with Gasteiger partial charge in [0.2, 0.25) is 0 Å². The first kappa shape index (κ1) is 10.8. The summed E-state index contributed by atoms with van der Waals surface area (Å²) in [6.45, 7) is 3.56. The molecule has 0 atom stereocenters. The average Bonchev–Trinajstić information content (AvgIpc) is 2.59. The first-order valence-corrected chi connectivity index (χ1v) is 5.20. The van der Waals surface area contributed by atoms with Crippen LogP contribution in [0.3, 0.4) is 0 Å². The molecule has 0 bridgehead atoms. The minimum atomic E-state index is 0.769. The third kappa shape index (κ3) is 2.64. The standard InChI is InChI=1S/C11H15N5/c1-9-3-11(16(2)15-9)7-12-4-10-5-13-8-14-6-10/h3,5-6,8,12H,4,7H2,1-2H3. The van der Waals surface area contributed by atoms with Gasteiger partial charge >= 0.3 is 0 Å². The third-order valence-corrected chi connectivity index (χ3v) is 2.35. The van der Waals surface area contributed by atoms with Crippen LogP contribution >= 0.6 is 0 Å². The van der Waals surface area contributed by atoms with Crippen LogP contribution in [0, 0.1) is 6.92 Å². The van der Waals surface area contributed by atoms with Crippen LogP contribution < -0.4 is 5.32 Å². The van der Waals surface area contributed by atoms with E-state index in [9.17, 15) is 0 Å². The molecule has 0 saturated carbocycles. The van der Waals surface area contributed by atoms with Crippen molar-refractivity contribution in [2.45, 2.75) is 20.0 Å². The molecule has 0 saturated heterocycles. The summed E-state index contributed by atoms with van der Waals surface area (Å²) in [7, 11) is 1.95. The Hall–Kier alpha value is -1.75. The van der Waals surface area contributed by atoms with Crippen molar-refractivity contribution in [2.24, 2.45) is 7.05 Å². The number of hydrogen-bond acceptors (Lipinski definition) is 4. The maximum Gasteiger partial charge on any atom is 0.115 e. The van der Waals surface area contributed by atoms with E-state index in [-0.39, 0.29) is 0 Å². The summed E-state index contributed by atoms with van der Waals surface area (Å²) in [6, 6.07) is 2.08. The summed E-state index contributed by atoms with van der Waals surface area (Å²) in [5.74, 6) is 0. The number of aromatic nitrogens is 4. The zero-order valence-electron chi connectivity index (χ0n) is 9.51. The van der Waals surface area contributed by atoms with Crippen molar-refractivity contribution >= 4 is 0 Å². The van der Waals surface area contributed by atoms with Crippen LogP contribution in [0.5, 0.6) is 0 Å². The average molecular weight is 217 g/mol. The van der Waals surface area contributed by atoms with E-state index in [0.717, 1.165) is 24.3 Å². The molecule has 0 aliphatic rings. The second-order valence-electron chi connectivity index (χ2n) is 3.75. The molecule has 84 valence electrons. The molecule has 5 nitrogen and oxygen atoms in total. The van der Waals surface area contributed by atoms with Crippen LogP contribution in [-0.4, -0.2) is 19.7 Å². The summed E-state index contributed by atoms with van der Waals surface area (Å²) >= 11 is 0. The molecule has 2 rings (SSSR count).